The monoisotopic (exact) mass is 260 g/mol. The normalized spacial score (nSPS) is 40.8. The van der Waals surface area contributed by atoms with E-state index in [4.69, 9.17) is 12.2 Å². The zero-order valence-corrected chi connectivity index (χ0v) is 11.7. The third kappa shape index (κ3) is 2.17. The lowest BCUT2D eigenvalue weighted by Crippen LogP contribution is -2.58. The summed E-state index contributed by atoms with van der Waals surface area (Å²) in [5.74, 6) is 5.82. The SMILES string of the molecule is C#CCC(N)C(=O)N(C)C1C2CC3CC(C2)CC1C3. The molecule has 4 aliphatic carbocycles. The third-order valence-corrected chi connectivity index (χ3v) is 5.63. The zero-order chi connectivity index (χ0) is 13.6. The van der Waals surface area contributed by atoms with Crippen LogP contribution in [0.25, 0.3) is 0 Å². The summed E-state index contributed by atoms with van der Waals surface area (Å²) in [5.41, 5.74) is 5.89. The van der Waals surface area contributed by atoms with Crippen LogP contribution in [0.3, 0.4) is 0 Å². The van der Waals surface area contributed by atoms with Crippen LogP contribution < -0.4 is 5.73 Å². The first-order valence-electron chi connectivity index (χ1n) is 7.55. The summed E-state index contributed by atoms with van der Waals surface area (Å²) in [6.07, 6.45) is 12.3. The summed E-state index contributed by atoms with van der Waals surface area (Å²) in [6.45, 7) is 0. The van der Waals surface area contributed by atoms with E-state index in [0.29, 0.717) is 24.3 Å². The van der Waals surface area contributed by atoms with Gasteiger partial charge in [0.1, 0.15) is 0 Å². The van der Waals surface area contributed by atoms with Crippen molar-refractivity contribution in [2.24, 2.45) is 29.4 Å². The number of rotatable bonds is 3. The Morgan fingerprint density at radius 3 is 2.26 bits per heavy atom. The fourth-order valence-corrected chi connectivity index (χ4v) is 5.15. The van der Waals surface area contributed by atoms with E-state index >= 15 is 0 Å². The maximum absolute atomic E-state index is 12.4. The molecule has 3 heteroatoms. The molecule has 104 valence electrons. The summed E-state index contributed by atoms with van der Waals surface area (Å²) in [7, 11) is 1.94. The molecule has 4 saturated carbocycles. The van der Waals surface area contributed by atoms with Crippen LogP contribution in [0, 0.1) is 36.0 Å². The summed E-state index contributed by atoms with van der Waals surface area (Å²) >= 11 is 0. The first-order chi connectivity index (χ1) is 9.10. The Balaban J connectivity index is 1.72. The molecular weight excluding hydrogens is 236 g/mol. The Labute approximate surface area is 115 Å². The van der Waals surface area contributed by atoms with E-state index in [2.05, 4.69) is 5.92 Å². The highest BCUT2D eigenvalue weighted by Crippen LogP contribution is 2.54. The molecule has 0 aromatic rings. The van der Waals surface area contributed by atoms with Gasteiger partial charge in [-0.1, -0.05) is 0 Å². The van der Waals surface area contributed by atoms with Gasteiger partial charge in [-0.15, -0.1) is 12.3 Å². The van der Waals surface area contributed by atoms with Gasteiger partial charge >= 0.3 is 0 Å². The standard InChI is InChI=1S/C16H24N2O/c1-3-4-14(17)16(19)18(2)15-12-6-10-5-11(8-12)9-13(15)7-10/h1,10-15H,4-9,17H2,2H3. The van der Waals surface area contributed by atoms with Crippen molar-refractivity contribution in [3.63, 3.8) is 0 Å². The van der Waals surface area contributed by atoms with Crippen LogP contribution >= 0.6 is 0 Å². The highest BCUT2D eigenvalue weighted by atomic mass is 16.2. The Kier molecular flexibility index (Phi) is 3.30. The van der Waals surface area contributed by atoms with Gasteiger partial charge in [-0.25, -0.2) is 0 Å². The Hall–Kier alpha value is -1.01. The van der Waals surface area contributed by atoms with Gasteiger partial charge in [-0.2, -0.15) is 0 Å². The minimum absolute atomic E-state index is 0.0374. The maximum atomic E-state index is 12.4. The molecule has 1 unspecified atom stereocenters. The van der Waals surface area contributed by atoms with Crippen molar-refractivity contribution in [3.8, 4) is 12.3 Å². The third-order valence-electron chi connectivity index (χ3n) is 5.63. The number of hydrogen-bond donors (Lipinski definition) is 1. The number of carbonyl (C=O) groups excluding carboxylic acids is 1. The fraction of sp³-hybridized carbons (Fsp3) is 0.812. The van der Waals surface area contributed by atoms with Gasteiger partial charge in [-0.3, -0.25) is 4.79 Å². The fourth-order valence-electron chi connectivity index (χ4n) is 5.15. The number of likely N-dealkylation sites (N-methyl/N-ethyl adjacent to an activating group) is 1. The molecule has 19 heavy (non-hydrogen) atoms. The van der Waals surface area contributed by atoms with Crippen LogP contribution in [0.15, 0.2) is 0 Å². The molecule has 4 rings (SSSR count). The molecule has 3 nitrogen and oxygen atoms in total. The Bertz CT molecular complexity index is 383. The quantitative estimate of drug-likeness (QED) is 0.784. The number of nitrogens with two attached hydrogens (primary N) is 1. The van der Waals surface area contributed by atoms with E-state index in [0.717, 1.165) is 11.8 Å². The summed E-state index contributed by atoms with van der Waals surface area (Å²) in [4.78, 5) is 14.3. The highest BCUT2D eigenvalue weighted by molar-refractivity contribution is 5.82. The molecule has 4 aliphatic rings. The zero-order valence-electron chi connectivity index (χ0n) is 11.7. The molecule has 0 heterocycles. The van der Waals surface area contributed by atoms with E-state index < -0.39 is 6.04 Å². The number of hydrogen-bond acceptors (Lipinski definition) is 2. The lowest BCUT2D eigenvalue weighted by atomic mass is 9.54. The lowest BCUT2D eigenvalue weighted by Gasteiger charge is -2.56. The number of terminal acetylenes is 1. The van der Waals surface area contributed by atoms with Crippen LogP contribution in [0.5, 0.6) is 0 Å². The topological polar surface area (TPSA) is 46.3 Å². The molecular formula is C16H24N2O. The van der Waals surface area contributed by atoms with E-state index in [1.807, 2.05) is 11.9 Å². The molecule has 0 aromatic heterocycles. The molecule has 0 radical (unpaired) electrons. The molecule has 0 spiro atoms. The van der Waals surface area contributed by atoms with Gasteiger partial charge < -0.3 is 10.6 Å². The highest BCUT2D eigenvalue weighted by Gasteiger charge is 2.50. The predicted molar refractivity (Wildman–Crippen MR) is 75.0 cm³/mol. The van der Waals surface area contributed by atoms with Gasteiger partial charge in [0.2, 0.25) is 5.91 Å². The number of amides is 1. The van der Waals surface area contributed by atoms with Crippen LogP contribution in [0.4, 0.5) is 0 Å². The van der Waals surface area contributed by atoms with Crippen LogP contribution in [0.1, 0.15) is 38.5 Å². The van der Waals surface area contributed by atoms with Gasteiger partial charge in [-0.05, 0) is 55.8 Å². The minimum Gasteiger partial charge on any atom is -0.341 e. The molecule has 4 bridgehead atoms. The predicted octanol–water partition coefficient (Wildman–Crippen LogP) is 1.62. The Morgan fingerprint density at radius 1 is 1.26 bits per heavy atom. The summed E-state index contributed by atoms with van der Waals surface area (Å²) < 4.78 is 0. The first-order valence-corrected chi connectivity index (χ1v) is 7.55. The second-order valence-corrected chi connectivity index (χ2v) is 6.89. The average molecular weight is 260 g/mol. The van der Waals surface area contributed by atoms with E-state index in [9.17, 15) is 4.79 Å². The van der Waals surface area contributed by atoms with Gasteiger partial charge in [0.25, 0.3) is 0 Å². The van der Waals surface area contributed by atoms with E-state index in [1.54, 1.807) is 0 Å². The summed E-state index contributed by atoms with van der Waals surface area (Å²) in [6, 6.07) is -0.101. The maximum Gasteiger partial charge on any atom is 0.240 e. The molecule has 4 fully saturated rings. The summed E-state index contributed by atoms with van der Waals surface area (Å²) in [5, 5.41) is 0. The van der Waals surface area contributed by atoms with Crippen LogP contribution in [-0.2, 0) is 4.79 Å². The smallest absolute Gasteiger partial charge is 0.240 e. The van der Waals surface area contributed by atoms with Gasteiger partial charge in [0.05, 0.1) is 6.04 Å². The molecule has 0 aromatic carbocycles. The van der Waals surface area contributed by atoms with E-state index in [1.165, 1.54) is 32.1 Å². The molecule has 0 aliphatic heterocycles. The average Bonchev–Trinajstić information content (AvgIpc) is 2.36. The molecule has 1 amide bonds. The minimum atomic E-state index is -0.521. The van der Waals surface area contributed by atoms with Crippen molar-refractivity contribution in [2.45, 2.75) is 50.6 Å². The van der Waals surface area contributed by atoms with Crippen molar-refractivity contribution >= 4 is 5.91 Å². The van der Waals surface area contributed by atoms with E-state index in [-0.39, 0.29) is 5.91 Å². The molecule has 0 saturated heterocycles. The lowest BCUT2D eigenvalue weighted by molar-refractivity contribution is -0.142. The van der Waals surface area contributed by atoms with Crippen molar-refractivity contribution in [2.75, 3.05) is 7.05 Å². The van der Waals surface area contributed by atoms with Crippen molar-refractivity contribution in [1.29, 1.82) is 0 Å². The van der Waals surface area contributed by atoms with Gasteiger partial charge in [0, 0.05) is 19.5 Å². The first kappa shape index (κ1) is 13.0. The van der Waals surface area contributed by atoms with Crippen LogP contribution in [0.2, 0.25) is 0 Å². The second kappa shape index (κ2) is 4.83. The number of nitrogens with zero attached hydrogens (tertiary/aromatic N) is 1. The van der Waals surface area contributed by atoms with Crippen molar-refractivity contribution < 1.29 is 4.79 Å². The number of carbonyl (C=O) groups is 1. The van der Waals surface area contributed by atoms with Crippen molar-refractivity contribution in [1.82, 2.24) is 4.90 Å². The van der Waals surface area contributed by atoms with Gasteiger partial charge in [0.15, 0.2) is 0 Å². The van der Waals surface area contributed by atoms with Crippen molar-refractivity contribution in [3.05, 3.63) is 0 Å². The Morgan fingerprint density at radius 2 is 1.79 bits per heavy atom. The van der Waals surface area contributed by atoms with Crippen LogP contribution in [-0.4, -0.2) is 29.9 Å². The molecule has 1 atom stereocenters. The largest absolute Gasteiger partial charge is 0.341 e. The second-order valence-electron chi connectivity index (χ2n) is 6.89. The molecule has 2 N–H and O–H groups in total.